The quantitative estimate of drug-likeness (QED) is 0.599. The number of anilines is 1. The van der Waals surface area contributed by atoms with Crippen molar-refractivity contribution in [2.45, 2.75) is 6.42 Å². The fraction of sp³-hybridized carbons (Fsp3) is 0.211. The van der Waals surface area contributed by atoms with Gasteiger partial charge in [-0.2, -0.15) is 0 Å². The predicted octanol–water partition coefficient (Wildman–Crippen LogP) is 3.55. The summed E-state index contributed by atoms with van der Waals surface area (Å²) in [5, 5.41) is 3.24. The molecule has 3 rings (SSSR count). The normalized spacial score (nSPS) is 10.6. The molecule has 0 atom stereocenters. The van der Waals surface area contributed by atoms with Gasteiger partial charge in [0.25, 0.3) is 5.91 Å². The molecule has 27 heavy (non-hydrogen) atoms. The number of ether oxygens (including phenoxy) is 2. The molecule has 0 saturated heterocycles. The number of nitrogens with one attached hydrogen (secondary N) is 1. The van der Waals surface area contributed by atoms with Crippen LogP contribution in [0.4, 0.5) is 9.52 Å². The number of benzene rings is 1. The molecule has 0 radical (unpaired) electrons. The lowest BCUT2D eigenvalue weighted by atomic mass is 10.1. The number of rotatable bonds is 8. The first-order chi connectivity index (χ1) is 13.2. The molecule has 0 spiro atoms. The van der Waals surface area contributed by atoms with Crippen LogP contribution in [0.1, 0.15) is 20.8 Å². The smallest absolute Gasteiger partial charge is 0.262 e. The lowest BCUT2D eigenvalue weighted by Gasteiger charge is -2.09. The number of carbonyl (C=O) groups is 1. The van der Waals surface area contributed by atoms with Crippen LogP contribution >= 0.6 is 11.3 Å². The summed E-state index contributed by atoms with van der Waals surface area (Å²) in [7, 11) is 1.57. The Morgan fingerprint density at radius 1 is 1.19 bits per heavy atom. The van der Waals surface area contributed by atoms with Crippen molar-refractivity contribution in [3.63, 3.8) is 0 Å². The predicted molar refractivity (Wildman–Crippen MR) is 101 cm³/mol. The van der Waals surface area contributed by atoms with Gasteiger partial charge in [-0.15, -0.1) is 11.3 Å². The minimum Gasteiger partial charge on any atom is -0.475 e. The maximum Gasteiger partial charge on any atom is 0.262 e. The van der Waals surface area contributed by atoms with Crippen molar-refractivity contribution in [2.75, 3.05) is 25.6 Å². The van der Waals surface area contributed by atoms with Gasteiger partial charge in [-0.05, 0) is 29.8 Å². The van der Waals surface area contributed by atoms with Crippen LogP contribution in [0.15, 0.2) is 48.8 Å². The topological polar surface area (TPSA) is 73.3 Å². The number of thiazole rings is 1. The Labute approximate surface area is 160 Å². The largest absolute Gasteiger partial charge is 0.475 e. The fourth-order valence-electron chi connectivity index (χ4n) is 2.32. The first kappa shape index (κ1) is 18.9. The Hall–Kier alpha value is -2.84. The monoisotopic (exact) mass is 387 g/mol. The van der Waals surface area contributed by atoms with Gasteiger partial charge in [-0.3, -0.25) is 10.1 Å². The van der Waals surface area contributed by atoms with E-state index in [0.717, 1.165) is 10.4 Å². The molecular weight excluding hydrogens is 369 g/mol. The molecular formula is C19H18FN3O3S. The number of amides is 1. The second-order valence-electron chi connectivity index (χ2n) is 5.59. The van der Waals surface area contributed by atoms with Crippen LogP contribution in [0.25, 0.3) is 0 Å². The zero-order valence-corrected chi connectivity index (χ0v) is 15.5. The van der Waals surface area contributed by atoms with Gasteiger partial charge in [-0.1, -0.05) is 12.1 Å². The summed E-state index contributed by atoms with van der Waals surface area (Å²) in [5.41, 5.74) is 1.29. The van der Waals surface area contributed by atoms with E-state index in [-0.39, 0.29) is 17.6 Å². The molecule has 140 valence electrons. The molecule has 3 aromatic rings. The Bertz CT molecular complexity index is 899. The average molecular weight is 387 g/mol. The molecule has 0 fully saturated rings. The van der Waals surface area contributed by atoms with E-state index in [1.165, 1.54) is 23.5 Å². The van der Waals surface area contributed by atoms with Gasteiger partial charge in [0.05, 0.1) is 6.61 Å². The van der Waals surface area contributed by atoms with Gasteiger partial charge in [-0.25, -0.2) is 14.4 Å². The third-order valence-corrected chi connectivity index (χ3v) is 4.52. The van der Waals surface area contributed by atoms with Crippen LogP contribution in [0.2, 0.25) is 0 Å². The SMILES string of the molecule is COCCOc1ncccc1C(=O)Nc1ncc(Cc2ccc(F)cc2)s1. The molecule has 0 aliphatic carbocycles. The number of carbonyl (C=O) groups excluding carboxylic acids is 1. The van der Waals surface area contributed by atoms with Crippen LogP contribution in [0.3, 0.4) is 0 Å². The van der Waals surface area contributed by atoms with Gasteiger partial charge < -0.3 is 9.47 Å². The number of halogens is 1. The van der Waals surface area contributed by atoms with Crippen molar-refractivity contribution in [1.29, 1.82) is 0 Å². The molecule has 0 unspecified atom stereocenters. The van der Waals surface area contributed by atoms with Crippen molar-refractivity contribution in [2.24, 2.45) is 0 Å². The summed E-state index contributed by atoms with van der Waals surface area (Å²) in [4.78, 5) is 21.8. The maximum absolute atomic E-state index is 13.0. The molecule has 0 aliphatic heterocycles. The summed E-state index contributed by atoms with van der Waals surface area (Å²) < 4.78 is 23.4. The highest BCUT2D eigenvalue weighted by Crippen LogP contribution is 2.23. The van der Waals surface area contributed by atoms with Crippen LogP contribution in [0, 0.1) is 5.82 Å². The van der Waals surface area contributed by atoms with E-state index in [9.17, 15) is 9.18 Å². The molecule has 0 bridgehead atoms. The number of hydrogen-bond acceptors (Lipinski definition) is 6. The van der Waals surface area contributed by atoms with Crippen LogP contribution in [-0.2, 0) is 11.2 Å². The Morgan fingerprint density at radius 3 is 2.78 bits per heavy atom. The fourth-order valence-corrected chi connectivity index (χ4v) is 3.16. The van der Waals surface area contributed by atoms with Crippen molar-refractivity contribution in [1.82, 2.24) is 9.97 Å². The van der Waals surface area contributed by atoms with E-state index >= 15 is 0 Å². The lowest BCUT2D eigenvalue weighted by molar-refractivity contribution is 0.101. The molecule has 1 N–H and O–H groups in total. The highest BCUT2D eigenvalue weighted by Gasteiger charge is 2.15. The zero-order valence-electron chi connectivity index (χ0n) is 14.6. The third kappa shape index (κ3) is 5.32. The zero-order chi connectivity index (χ0) is 19.1. The van der Waals surface area contributed by atoms with Gasteiger partial charge in [0.15, 0.2) is 5.13 Å². The molecule has 1 amide bonds. The average Bonchev–Trinajstić information content (AvgIpc) is 3.11. The third-order valence-electron chi connectivity index (χ3n) is 3.61. The highest BCUT2D eigenvalue weighted by atomic mass is 32.1. The Kier molecular flexibility index (Phi) is 6.45. The molecule has 2 heterocycles. The number of methoxy groups -OCH3 is 1. The summed E-state index contributed by atoms with van der Waals surface area (Å²) >= 11 is 1.36. The first-order valence-corrected chi connectivity index (χ1v) is 9.04. The molecule has 1 aromatic carbocycles. The van der Waals surface area contributed by atoms with E-state index in [2.05, 4.69) is 15.3 Å². The van der Waals surface area contributed by atoms with E-state index in [1.807, 2.05) is 0 Å². The second kappa shape index (κ2) is 9.20. The number of pyridine rings is 1. The van der Waals surface area contributed by atoms with Crippen LogP contribution < -0.4 is 10.1 Å². The molecule has 0 saturated carbocycles. The summed E-state index contributed by atoms with van der Waals surface area (Å²) in [6, 6.07) is 9.61. The number of hydrogen-bond donors (Lipinski definition) is 1. The summed E-state index contributed by atoms with van der Waals surface area (Å²) in [5.74, 6) is -0.371. The van der Waals surface area contributed by atoms with Crippen LogP contribution in [-0.4, -0.2) is 36.2 Å². The minimum absolute atomic E-state index is 0.246. The maximum atomic E-state index is 13.0. The standard InChI is InChI=1S/C19H18FN3O3S/c1-25-9-10-26-18-16(3-2-8-21-18)17(24)23-19-22-12-15(27-19)11-13-4-6-14(20)7-5-13/h2-8,12H,9-11H2,1H3,(H,22,23,24). The molecule has 6 nitrogen and oxygen atoms in total. The van der Waals surface area contributed by atoms with E-state index < -0.39 is 0 Å². The van der Waals surface area contributed by atoms with Gasteiger partial charge >= 0.3 is 0 Å². The summed E-state index contributed by atoms with van der Waals surface area (Å²) in [6.07, 6.45) is 3.87. The minimum atomic E-state index is -0.349. The second-order valence-corrected chi connectivity index (χ2v) is 6.70. The van der Waals surface area contributed by atoms with Crippen molar-refractivity contribution in [3.05, 3.63) is 70.6 Å². The van der Waals surface area contributed by atoms with Crippen molar-refractivity contribution in [3.8, 4) is 5.88 Å². The van der Waals surface area contributed by atoms with Gasteiger partial charge in [0.1, 0.15) is 18.0 Å². The van der Waals surface area contributed by atoms with Crippen LogP contribution in [0.5, 0.6) is 5.88 Å². The Balaban J connectivity index is 1.65. The van der Waals surface area contributed by atoms with Crippen molar-refractivity contribution < 1.29 is 18.7 Å². The number of nitrogens with zero attached hydrogens (tertiary/aromatic N) is 2. The molecule has 2 aromatic heterocycles. The number of aromatic nitrogens is 2. The first-order valence-electron chi connectivity index (χ1n) is 8.23. The van der Waals surface area contributed by atoms with Gasteiger partial charge in [0.2, 0.25) is 5.88 Å². The van der Waals surface area contributed by atoms with E-state index in [1.54, 1.807) is 43.8 Å². The van der Waals surface area contributed by atoms with E-state index in [4.69, 9.17) is 9.47 Å². The van der Waals surface area contributed by atoms with Crippen molar-refractivity contribution >= 4 is 22.4 Å². The van der Waals surface area contributed by atoms with E-state index in [0.29, 0.717) is 30.3 Å². The lowest BCUT2D eigenvalue weighted by Crippen LogP contribution is -2.15. The summed E-state index contributed by atoms with van der Waals surface area (Å²) in [6.45, 7) is 0.698. The van der Waals surface area contributed by atoms with Gasteiger partial charge in [0, 0.05) is 30.8 Å². The Morgan fingerprint density at radius 2 is 2.00 bits per heavy atom. The highest BCUT2D eigenvalue weighted by molar-refractivity contribution is 7.15. The molecule has 0 aliphatic rings. The molecule has 8 heteroatoms.